The van der Waals surface area contributed by atoms with E-state index in [-0.39, 0.29) is 11.7 Å². The molecule has 1 aliphatic rings. The number of amides is 1. The number of carbonyl (C=O) groups is 1. The number of rotatable bonds is 6. The lowest BCUT2D eigenvalue weighted by Gasteiger charge is -2.24. The highest BCUT2D eigenvalue weighted by Gasteiger charge is 2.23. The summed E-state index contributed by atoms with van der Waals surface area (Å²) in [6.45, 7) is 2.50. The van der Waals surface area contributed by atoms with Gasteiger partial charge >= 0.3 is 0 Å². The maximum atomic E-state index is 13.5. The Balaban J connectivity index is 1.64. The number of likely N-dealkylation sites (N-methyl/N-ethyl adjacent to an activating group) is 1. The molecule has 1 amide bonds. The van der Waals surface area contributed by atoms with Crippen LogP contribution in [0.25, 0.3) is 0 Å². The molecule has 0 fully saturated rings. The van der Waals surface area contributed by atoms with Gasteiger partial charge in [-0.05, 0) is 70.0 Å². The topological polar surface area (TPSA) is 58.1 Å². The van der Waals surface area contributed by atoms with Crippen molar-refractivity contribution in [1.82, 2.24) is 20.2 Å². The lowest BCUT2D eigenvalue weighted by atomic mass is 9.95. The SMILES string of the molecule is Cc1nc(CCNC(=O)[C@@H](c2cccc(F)c2)N(C)C)nc2c1CCCC2. The van der Waals surface area contributed by atoms with Gasteiger partial charge in [0.25, 0.3) is 0 Å². The van der Waals surface area contributed by atoms with Gasteiger partial charge in [0.1, 0.15) is 17.7 Å². The molecular weight excluding hydrogens is 343 g/mol. The van der Waals surface area contributed by atoms with Crippen molar-refractivity contribution in [2.45, 2.75) is 45.1 Å². The molecule has 1 atom stereocenters. The van der Waals surface area contributed by atoms with Gasteiger partial charge in [0.15, 0.2) is 0 Å². The van der Waals surface area contributed by atoms with Gasteiger partial charge in [-0.1, -0.05) is 12.1 Å². The zero-order chi connectivity index (χ0) is 19.4. The third-order valence-electron chi connectivity index (χ3n) is 5.01. The van der Waals surface area contributed by atoms with Crippen LogP contribution in [-0.4, -0.2) is 41.4 Å². The molecular formula is C21H27FN4O. The van der Waals surface area contributed by atoms with E-state index in [1.165, 1.54) is 36.2 Å². The van der Waals surface area contributed by atoms with Crippen molar-refractivity contribution in [3.8, 4) is 0 Å². The Bertz CT molecular complexity index is 822. The van der Waals surface area contributed by atoms with Crippen LogP contribution in [-0.2, 0) is 24.1 Å². The van der Waals surface area contributed by atoms with Crippen molar-refractivity contribution in [3.63, 3.8) is 0 Å². The first-order valence-corrected chi connectivity index (χ1v) is 9.50. The zero-order valence-corrected chi connectivity index (χ0v) is 16.3. The molecule has 1 aliphatic carbocycles. The second-order valence-corrected chi connectivity index (χ2v) is 7.32. The summed E-state index contributed by atoms with van der Waals surface area (Å²) in [5.74, 6) is 0.283. The lowest BCUT2D eigenvalue weighted by Crippen LogP contribution is -2.38. The number of nitrogens with one attached hydrogen (secondary N) is 1. The minimum atomic E-state index is -0.535. The van der Waals surface area contributed by atoms with E-state index in [1.54, 1.807) is 17.0 Å². The lowest BCUT2D eigenvalue weighted by molar-refractivity contribution is -0.125. The quantitative estimate of drug-likeness (QED) is 0.850. The van der Waals surface area contributed by atoms with Gasteiger partial charge in [-0.2, -0.15) is 0 Å². The Morgan fingerprint density at radius 1 is 1.26 bits per heavy atom. The molecule has 1 aromatic heterocycles. The molecule has 5 nitrogen and oxygen atoms in total. The van der Waals surface area contributed by atoms with E-state index in [9.17, 15) is 9.18 Å². The average molecular weight is 370 g/mol. The zero-order valence-electron chi connectivity index (χ0n) is 16.3. The number of benzene rings is 1. The molecule has 0 unspecified atom stereocenters. The standard InChI is InChI=1S/C21H27FN4O/c1-14-17-9-4-5-10-18(17)25-19(24-14)11-12-23-21(27)20(26(2)3)15-7-6-8-16(22)13-15/h6-8,13,20H,4-5,9-12H2,1-3H3,(H,23,27)/t20-/m1/s1. The second-order valence-electron chi connectivity index (χ2n) is 7.32. The third-order valence-corrected chi connectivity index (χ3v) is 5.01. The van der Waals surface area contributed by atoms with Crippen molar-refractivity contribution >= 4 is 5.91 Å². The Kier molecular flexibility index (Phi) is 6.16. The first-order chi connectivity index (χ1) is 13.0. The fourth-order valence-corrected chi connectivity index (χ4v) is 3.71. The van der Waals surface area contributed by atoms with E-state index in [0.29, 0.717) is 18.5 Å². The molecule has 27 heavy (non-hydrogen) atoms. The monoisotopic (exact) mass is 370 g/mol. The fraction of sp³-hybridized carbons (Fsp3) is 0.476. The van der Waals surface area contributed by atoms with Crippen LogP contribution in [0.3, 0.4) is 0 Å². The summed E-state index contributed by atoms with van der Waals surface area (Å²) in [7, 11) is 3.62. The van der Waals surface area contributed by atoms with Gasteiger partial charge in [-0.3, -0.25) is 9.69 Å². The Labute approximate surface area is 160 Å². The molecule has 3 rings (SSSR count). The van der Waals surface area contributed by atoms with E-state index in [0.717, 1.165) is 24.4 Å². The summed E-state index contributed by atoms with van der Waals surface area (Å²) in [5.41, 5.74) is 4.17. The van der Waals surface area contributed by atoms with E-state index in [4.69, 9.17) is 4.98 Å². The summed E-state index contributed by atoms with van der Waals surface area (Å²) in [6.07, 6.45) is 5.05. The number of halogens is 1. The molecule has 6 heteroatoms. The molecule has 1 N–H and O–H groups in total. The second kappa shape index (κ2) is 8.57. The van der Waals surface area contributed by atoms with E-state index in [1.807, 2.05) is 21.0 Å². The van der Waals surface area contributed by atoms with Crippen molar-refractivity contribution in [3.05, 3.63) is 58.4 Å². The number of hydrogen-bond donors (Lipinski definition) is 1. The fourth-order valence-electron chi connectivity index (χ4n) is 3.71. The predicted molar refractivity (Wildman–Crippen MR) is 103 cm³/mol. The number of nitrogens with zero attached hydrogens (tertiary/aromatic N) is 3. The van der Waals surface area contributed by atoms with E-state index in [2.05, 4.69) is 10.3 Å². The summed E-state index contributed by atoms with van der Waals surface area (Å²) in [4.78, 5) is 23.8. The summed E-state index contributed by atoms with van der Waals surface area (Å²) >= 11 is 0. The van der Waals surface area contributed by atoms with Gasteiger partial charge < -0.3 is 5.32 Å². The maximum absolute atomic E-state index is 13.5. The molecule has 0 bridgehead atoms. The average Bonchev–Trinajstić information content (AvgIpc) is 2.62. The van der Waals surface area contributed by atoms with E-state index >= 15 is 0 Å². The van der Waals surface area contributed by atoms with Crippen LogP contribution in [0.2, 0.25) is 0 Å². The van der Waals surface area contributed by atoms with Gasteiger partial charge in [0, 0.05) is 24.4 Å². The highest BCUT2D eigenvalue weighted by Crippen LogP contribution is 2.22. The Morgan fingerprint density at radius 2 is 2.04 bits per heavy atom. The molecule has 0 saturated carbocycles. The van der Waals surface area contributed by atoms with Crippen LogP contribution in [0.5, 0.6) is 0 Å². The number of aryl methyl sites for hydroxylation is 2. The van der Waals surface area contributed by atoms with Crippen LogP contribution in [0, 0.1) is 12.7 Å². The molecule has 1 aromatic carbocycles. The largest absolute Gasteiger partial charge is 0.354 e. The first-order valence-electron chi connectivity index (χ1n) is 9.50. The van der Waals surface area contributed by atoms with Crippen molar-refractivity contribution < 1.29 is 9.18 Å². The normalized spacial score (nSPS) is 14.7. The molecule has 0 spiro atoms. The summed E-state index contributed by atoms with van der Waals surface area (Å²) in [6, 6.07) is 5.64. The molecule has 1 heterocycles. The predicted octanol–water partition coefficient (Wildman–Crippen LogP) is 2.76. The molecule has 0 aliphatic heterocycles. The summed E-state index contributed by atoms with van der Waals surface area (Å²) in [5, 5.41) is 2.95. The van der Waals surface area contributed by atoms with Crippen molar-refractivity contribution in [1.29, 1.82) is 0 Å². The smallest absolute Gasteiger partial charge is 0.241 e. The molecule has 144 valence electrons. The van der Waals surface area contributed by atoms with Gasteiger partial charge in [-0.15, -0.1) is 0 Å². The van der Waals surface area contributed by atoms with Crippen LogP contribution in [0.4, 0.5) is 4.39 Å². The number of carbonyl (C=O) groups excluding carboxylic acids is 1. The van der Waals surface area contributed by atoms with Gasteiger partial charge in [0.05, 0.1) is 0 Å². The number of fused-ring (bicyclic) bond motifs is 1. The minimum absolute atomic E-state index is 0.153. The Morgan fingerprint density at radius 3 is 2.78 bits per heavy atom. The van der Waals surface area contributed by atoms with Crippen molar-refractivity contribution in [2.75, 3.05) is 20.6 Å². The first kappa shape index (κ1) is 19.4. The minimum Gasteiger partial charge on any atom is -0.354 e. The number of aromatic nitrogens is 2. The van der Waals surface area contributed by atoms with Crippen LogP contribution in [0.15, 0.2) is 24.3 Å². The van der Waals surface area contributed by atoms with Crippen LogP contribution < -0.4 is 5.32 Å². The third kappa shape index (κ3) is 4.69. The molecule has 0 radical (unpaired) electrons. The molecule has 0 saturated heterocycles. The highest BCUT2D eigenvalue weighted by atomic mass is 19.1. The number of hydrogen-bond acceptors (Lipinski definition) is 4. The molecule has 2 aromatic rings. The summed E-state index contributed by atoms with van der Waals surface area (Å²) < 4.78 is 13.5. The Hall–Kier alpha value is -2.34. The van der Waals surface area contributed by atoms with Gasteiger partial charge in [0.2, 0.25) is 5.91 Å². The van der Waals surface area contributed by atoms with E-state index < -0.39 is 6.04 Å². The van der Waals surface area contributed by atoms with Crippen molar-refractivity contribution in [2.24, 2.45) is 0 Å². The van der Waals surface area contributed by atoms with Gasteiger partial charge in [-0.25, -0.2) is 14.4 Å². The van der Waals surface area contributed by atoms with Crippen LogP contribution >= 0.6 is 0 Å². The maximum Gasteiger partial charge on any atom is 0.241 e. The highest BCUT2D eigenvalue weighted by molar-refractivity contribution is 5.83. The van der Waals surface area contributed by atoms with Crippen LogP contribution in [0.1, 0.15) is 47.2 Å².